The molecule has 0 unspecified atom stereocenters. The lowest BCUT2D eigenvalue weighted by Gasteiger charge is -2.40. The molecule has 1 atom stereocenters. The molecule has 4 rings (SSSR count). The minimum atomic E-state index is -0.802. The van der Waals surface area contributed by atoms with Gasteiger partial charge < -0.3 is 15.2 Å². The fourth-order valence-corrected chi connectivity index (χ4v) is 5.94. The van der Waals surface area contributed by atoms with E-state index in [0.29, 0.717) is 19.4 Å². The molecule has 0 saturated carbocycles. The Bertz CT molecular complexity index is 1000. The number of aliphatic hydroxyl groups excluding tert-OH is 1. The average Bonchev–Trinajstić information content (AvgIpc) is 3.37. The number of carbonyl (C=O) groups is 2. The Labute approximate surface area is 204 Å². The maximum Gasteiger partial charge on any atom is 0.325 e. The molecule has 1 aromatic carbocycles. The van der Waals surface area contributed by atoms with Gasteiger partial charge in [-0.3, -0.25) is 14.6 Å². The van der Waals surface area contributed by atoms with Crippen LogP contribution in [0.3, 0.4) is 0 Å². The van der Waals surface area contributed by atoms with E-state index in [1.165, 1.54) is 4.90 Å². The van der Waals surface area contributed by atoms with E-state index in [1.54, 1.807) is 16.8 Å². The molecule has 184 valence electrons. The number of hydrogen-bond donors (Lipinski definition) is 2. The van der Waals surface area contributed by atoms with Crippen molar-refractivity contribution >= 4 is 23.3 Å². The number of carbonyl (C=O) groups excluding carboxylic acids is 2. The zero-order valence-corrected chi connectivity index (χ0v) is 20.8. The maximum absolute atomic E-state index is 13.5. The van der Waals surface area contributed by atoms with Crippen molar-refractivity contribution < 1.29 is 19.4 Å². The van der Waals surface area contributed by atoms with Crippen molar-refractivity contribution in [3.05, 3.63) is 45.9 Å². The summed E-state index contributed by atoms with van der Waals surface area (Å²) >= 11 is 1.57. The summed E-state index contributed by atoms with van der Waals surface area (Å²) in [5, 5.41) is 12.1. The van der Waals surface area contributed by atoms with E-state index in [-0.39, 0.29) is 31.1 Å². The van der Waals surface area contributed by atoms with Crippen LogP contribution in [0, 0.1) is 12.8 Å². The van der Waals surface area contributed by atoms with Crippen molar-refractivity contribution in [2.75, 3.05) is 32.8 Å². The van der Waals surface area contributed by atoms with Crippen LogP contribution < -0.4 is 10.1 Å². The number of hydrogen-bond acceptors (Lipinski definition) is 7. The second kappa shape index (κ2) is 10.8. The molecule has 0 spiro atoms. The molecule has 8 nitrogen and oxygen atoms in total. The van der Waals surface area contributed by atoms with Gasteiger partial charge in [-0.15, -0.1) is 11.3 Å². The van der Waals surface area contributed by atoms with Crippen LogP contribution >= 0.6 is 11.3 Å². The number of amides is 3. The number of aryl methyl sites for hydroxylation is 1. The van der Waals surface area contributed by atoms with Crippen LogP contribution in [-0.4, -0.2) is 70.2 Å². The van der Waals surface area contributed by atoms with Crippen molar-refractivity contribution in [3.63, 3.8) is 0 Å². The highest BCUT2D eigenvalue weighted by atomic mass is 32.1. The van der Waals surface area contributed by atoms with Gasteiger partial charge in [0.15, 0.2) is 0 Å². The Kier molecular flexibility index (Phi) is 7.85. The molecule has 2 saturated heterocycles. The molecule has 3 amide bonds. The minimum absolute atomic E-state index is 0.00547. The van der Waals surface area contributed by atoms with Gasteiger partial charge >= 0.3 is 6.03 Å². The number of aromatic nitrogens is 1. The van der Waals surface area contributed by atoms with E-state index in [4.69, 9.17) is 9.84 Å². The predicted molar refractivity (Wildman–Crippen MR) is 131 cm³/mol. The number of benzene rings is 1. The number of likely N-dealkylation sites (tertiary alicyclic amines) is 1. The summed E-state index contributed by atoms with van der Waals surface area (Å²) in [6.07, 6.45) is 2.97. The molecule has 2 aliphatic heterocycles. The van der Waals surface area contributed by atoms with Crippen LogP contribution in [0.25, 0.3) is 0 Å². The number of urea groups is 1. The Morgan fingerprint density at radius 3 is 2.76 bits per heavy atom. The lowest BCUT2D eigenvalue weighted by Crippen LogP contribution is -2.55. The lowest BCUT2D eigenvalue weighted by molar-refractivity contribution is -0.134. The van der Waals surface area contributed by atoms with E-state index >= 15 is 0 Å². The second-order valence-corrected chi connectivity index (χ2v) is 10.0. The number of nitrogens with zero attached hydrogens (tertiary/aromatic N) is 3. The monoisotopic (exact) mass is 486 g/mol. The predicted octanol–water partition coefficient (Wildman–Crippen LogP) is 2.98. The molecule has 2 aromatic rings. The highest BCUT2D eigenvalue weighted by Crippen LogP contribution is 2.36. The third-order valence-electron chi connectivity index (χ3n) is 7.12. The first-order valence-corrected chi connectivity index (χ1v) is 12.9. The van der Waals surface area contributed by atoms with E-state index in [9.17, 15) is 9.59 Å². The summed E-state index contributed by atoms with van der Waals surface area (Å²) in [6.45, 7) is 7.18. The van der Waals surface area contributed by atoms with Gasteiger partial charge in [0.25, 0.3) is 5.91 Å². The van der Waals surface area contributed by atoms with E-state index < -0.39 is 5.54 Å². The SMILES string of the molecule is CC[C@]1(C2CCN(Cc3cccc(OCCO)c3)CC2)NC(=O)N(CCc2scnc2C)C1=O. The van der Waals surface area contributed by atoms with E-state index in [0.717, 1.165) is 54.4 Å². The molecule has 0 aliphatic carbocycles. The largest absolute Gasteiger partial charge is 0.491 e. The summed E-state index contributed by atoms with van der Waals surface area (Å²) in [5.41, 5.74) is 3.13. The quantitative estimate of drug-likeness (QED) is 0.502. The number of thiazole rings is 1. The van der Waals surface area contributed by atoms with Gasteiger partial charge in [0.05, 0.1) is 17.8 Å². The Morgan fingerprint density at radius 2 is 2.09 bits per heavy atom. The Hall–Kier alpha value is -2.49. The van der Waals surface area contributed by atoms with Crippen LogP contribution in [-0.2, 0) is 17.8 Å². The highest BCUT2D eigenvalue weighted by Gasteiger charge is 2.54. The first kappa shape index (κ1) is 24.6. The summed E-state index contributed by atoms with van der Waals surface area (Å²) < 4.78 is 5.53. The first-order chi connectivity index (χ1) is 16.5. The van der Waals surface area contributed by atoms with Gasteiger partial charge in [0.2, 0.25) is 0 Å². The Morgan fingerprint density at radius 1 is 1.29 bits per heavy atom. The van der Waals surface area contributed by atoms with Crippen LogP contribution in [0.5, 0.6) is 5.75 Å². The van der Waals surface area contributed by atoms with Gasteiger partial charge in [-0.1, -0.05) is 19.1 Å². The highest BCUT2D eigenvalue weighted by molar-refractivity contribution is 7.09. The van der Waals surface area contributed by atoms with Gasteiger partial charge in [0.1, 0.15) is 17.9 Å². The summed E-state index contributed by atoms with van der Waals surface area (Å²) in [6, 6.07) is 7.69. The number of imide groups is 1. The van der Waals surface area contributed by atoms with Gasteiger partial charge in [-0.2, -0.15) is 0 Å². The second-order valence-electron chi connectivity index (χ2n) is 9.09. The molecule has 9 heteroatoms. The normalized spacial score (nSPS) is 21.8. The van der Waals surface area contributed by atoms with E-state index in [1.807, 2.05) is 32.0 Å². The van der Waals surface area contributed by atoms with Crippen LogP contribution in [0.4, 0.5) is 4.79 Å². The zero-order valence-electron chi connectivity index (χ0n) is 20.0. The van der Waals surface area contributed by atoms with E-state index in [2.05, 4.69) is 21.3 Å². The Balaban J connectivity index is 1.35. The molecular formula is C25H34N4O4S. The van der Waals surface area contributed by atoms with Crippen molar-refractivity contribution in [3.8, 4) is 5.75 Å². The smallest absolute Gasteiger partial charge is 0.325 e. The minimum Gasteiger partial charge on any atom is -0.491 e. The molecule has 34 heavy (non-hydrogen) atoms. The fraction of sp³-hybridized carbons (Fsp3) is 0.560. The van der Waals surface area contributed by atoms with Crippen LogP contribution in [0.1, 0.15) is 42.3 Å². The summed E-state index contributed by atoms with van der Waals surface area (Å²) in [4.78, 5) is 35.5. The number of aliphatic hydroxyl groups is 1. The molecule has 0 bridgehead atoms. The fourth-order valence-electron chi connectivity index (χ4n) is 5.17. The standard InChI is InChI=1S/C25H34N4O4S/c1-3-25(23(31)29(24(32)27-25)12-9-22-18(2)26-17-34-22)20-7-10-28(11-8-20)16-19-5-4-6-21(15-19)33-14-13-30/h4-6,15,17,20,30H,3,7-14,16H2,1-2H3,(H,27,32)/t25-/m1/s1. The lowest BCUT2D eigenvalue weighted by atomic mass is 9.75. The van der Waals surface area contributed by atoms with Crippen LogP contribution in [0.15, 0.2) is 29.8 Å². The van der Waals surface area contributed by atoms with Gasteiger partial charge in [-0.05, 0) is 62.9 Å². The topological polar surface area (TPSA) is 95.0 Å². The molecule has 0 radical (unpaired) electrons. The first-order valence-electron chi connectivity index (χ1n) is 12.0. The average molecular weight is 487 g/mol. The van der Waals surface area contributed by atoms with Crippen molar-refractivity contribution in [1.82, 2.24) is 20.1 Å². The maximum atomic E-state index is 13.5. The van der Waals surface area contributed by atoms with Gasteiger partial charge in [0, 0.05) is 24.4 Å². The molecule has 2 N–H and O–H groups in total. The van der Waals surface area contributed by atoms with Crippen LogP contribution in [0.2, 0.25) is 0 Å². The number of rotatable bonds is 10. The van der Waals surface area contributed by atoms with Crippen molar-refractivity contribution in [1.29, 1.82) is 0 Å². The molecular weight excluding hydrogens is 452 g/mol. The van der Waals surface area contributed by atoms with Gasteiger partial charge in [-0.25, -0.2) is 9.78 Å². The summed E-state index contributed by atoms with van der Waals surface area (Å²) in [5.74, 6) is 0.813. The molecule has 2 fully saturated rings. The zero-order chi connectivity index (χ0) is 24.1. The summed E-state index contributed by atoms with van der Waals surface area (Å²) in [7, 11) is 0. The number of piperidine rings is 1. The third kappa shape index (κ3) is 5.11. The van der Waals surface area contributed by atoms with Crippen molar-refractivity contribution in [2.45, 2.75) is 51.6 Å². The number of nitrogens with one attached hydrogen (secondary N) is 1. The molecule has 2 aliphatic rings. The number of ether oxygens (including phenoxy) is 1. The van der Waals surface area contributed by atoms with Crippen molar-refractivity contribution in [2.24, 2.45) is 5.92 Å². The molecule has 3 heterocycles. The molecule has 1 aromatic heterocycles. The third-order valence-corrected chi connectivity index (χ3v) is 8.11.